The van der Waals surface area contributed by atoms with Crippen molar-refractivity contribution in [1.29, 1.82) is 0 Å². The molecule has 0 saturated heterocycles. The van der Waals surface area contributed by atoms with Gasteiger partial charge >= 0.3 is 0 Å². The summed E-state index contributed by atoms with van der Waals surface area (Å²) in [6.07, 6.45) is 3.23. The Balaban J connectivity index is 2.14. The third-order valence-corrected chi connectivity index (χ3v) is 3.67. The van der Waals surface area contributed by atoms with E-state index in [2.05, 4.69) is 12.2 Å². The summed E-state index contributed by atoms with van der Waals surface area (Å²) >= 11 is 5.75. The van der Waals surface area contributed by atoms with E-state index in [9.17, 15) is 14.9 Å². The number of aryl methyl sites for hydroxylation is 1. The van der Waals surface area contributed by atoms with Crippen LogP contribution in [-0.4, -0.2) is 10.8 Å². The van der Waals surface area contributed by atoms with Crippen molar-refractivity contribution in [1.82, 2.24) is 0 Å². The minimum atomic E-state index is -0.616. The zero-order chi connectivity index (χ0) is 16.8. The number of amides is 1. The van der Waals surface area contributed by atoms with Crippen LogP contribution in [0, 0.1) is 10.1 Å². The summed E-state index contributed by atoms with van der Waals surface area (Å²) in [6.45, 7) is 2.13. The molecule has 0 aromatic heterocycles. The third kappa shape index (κ3) is 4.53. The number of nitrogens with zero attached hydrogens (tertiary/aromatic N) is 1. The normalized spacial score (nSPS) is 10.3. The maximum Gasteiger partial charge on any atom is 0.283 e. The number of nitro groups is 1. The number of carbonyl (C=O) groups excluding carboxylic acids is 1. The minimum absolute atomic E-state index is 0.0190. The lowest BCUT2D eigenvalue weighted by Crippen LogP contribution is -2.14. The Bertz CT molecular complexity index is 714. The number of carbonyl (C=O) groups is 1. The molecule has 23 heavy (non-hydrogen) atoms. The first kappa shape index (κ1) is 17.0. The molecule has 2 aromatic rings. The Labute approximate surface area is 139 Å². The molecule has 6 heteroatoms. The molecule has 2 aromatic carbocycles. The van der Waals surface area contributed by atoms with Crippen molar-refractivity contribution in [3.05, 3.63) is 68.7 Å². The SMILES string of the molecule is CCCCc1ccc(NC(=O)c2ccc(Cl)cc2[N+](=O)[O-])cc1. The van der Waals surface area contributed by atoms with Gasteiger partial charge in [0.05, 0.1) is 4.92 Å². The van der Waals surface area contributed by atoms with E-state index in [1.165, 1.54) is 23.8 Å². The summed E-state index contributed by atoms with van der Waals surface area (Å²) in [5, 5.41) is 13.9. The highest BCUT2D eigenvalue weighted by Gasteiger charge is 2.20. The average molecular weight is 333 g/mol. The Kier molecular flexibility index (Phi) is 5.71. The smallest absolute Gasteiger partial charge is 0.283 e. The zero-order valence-electron chi connectivity index (χ0n) is 12.7. The van der Waals surface area contributed by atoms with E-state index in [4.69, 9.17) is 11.6 Å². The predicted molar refractivity (Wildman–Crippen MR) is 91.1 cm³/mol. The molecule has 0 fully saturated rings. The van der Waals surface area contributed by atoms with Gasteiger partial charge in [-0.15, -0.1) is 0 Å². The average Bonchev–Trinajstić information content (AvgIpc) is 2.54. The molecule has 1 N–H and O–H groups in total. The van der Waals surface area contributed by atoms with Crippen LogP contribution in [0.1, 0.15) is 35.7 Å². The van der Waals surface area contributed by atoms with E-state index in [0.29, 0.717) is 5.69 Å². The number of hydrogen-bond acceptors (Lipinski definition) is 3. The number of anilines is 1. The van der Waals surface area contributed by atoms with E-state index in [0.717, 1.165) is 19.3 Å². The lowest BCUT2D eigenvalue weighted by molar-refractivity contribution is -0.385. The molecule has 0 radical (unpaired) electrons. The highest BCUT2D eigenvalue weighted by atomic mass is 35.5. The van der Waals surface area contributed by atoms with E-state index < -0.39 is 10.8 Å². The van der Waals surface area contributed by atoms with E-state index in [1.54, 1.807) is 12.1 Å². The van der Waals surface area contributed by atoms with Crippen LogP contribution in [-0.2, 0) is 6.42 Å². The van der Waals surface area contributed by atoms with Crippen molar-refractivity contribution < 1.29 is 9.72 Å². The van der Waals surface area contributed by atoms with Crippen molar-refractivity contribution in [3.63, 3.8) is 0 Å². The number of hydrogen-bond donors (Lipinski definition) is 1. The van der Waals surface area contributed by atoms with E-state index in [1.807, 2.05) is 12.1 Å². The molecule has 0 atom stereocenters. The fourth-order valence-electron chi connectivity index (χ4n) is 2.18. The summed E-state index contributed by atoms with van der Waals surface area (Å²) in [7, 11) is 0. The fraction of sp³-hybridized carbons (Fsp3) is 0.235. The zero-order valence-corrected chi connectivity index (χ0v) is 13.5. The molecular formula is C17H17ClN2O3. The predicted octanol–water partition coefficient (Wildman–Crippen LogP) is 4.84. The summed E-state index contributed by atoms with van der Waals surface area (Å²) in [5.41, 5.74) is 1.46. The lowest BCUT2D eigenvalue weighted by Gasteiger charge is -2.07. The van der Waals surface area contributed by atoms with Crippen LogP contribution >= 0.6 is 11.6 Å². The maximum atomic E-state index is 12.2. The van der Waals surface area contributed by atoms with Crippen LogP contribution in [0.4, 0.5) is 11.4 Å². The molecule has 1 amide bonds. The van der Waals surface area contributed by atoms with Crippen LogP contribution in [0.25, 0.3) is 0 Å². The van der Waals surface area contributed by atoms with Gasteiger partial charge in [-0.1, -0.05) is 37.1 Å². The van der Waals surface area contributed by atoms with Gasteiger partial charge in [0.1, 0.15) is 5.56 Å². The molecule has 120 valence electrons. The number of rotatable bonds is 6. The van der Waals surface area contributed by atoms with Gasteiger partial charge in [-0.05, 0) is 42.7 Å². The largest absolute Gasteiger partial charge is 0.322 e. The Morgan fingerprint density at radius 3 is 2.52 bits per heavy atom. The van der Waals surface area contributed by atoms with Crippen LogP contribution in [0.2, 0.25) is 5.02 Å². The molecule has 5 nitrogen and oxygen atoms in total. The van der Waals surface area contributed by atoms with Gasteiger partial charge < -0.3 is 5.32 Å². The first-order valence-electron chi connectivity index (χ1n) is 7.35. The van der Waals surface area contributed by atoms with Gasteiger partial charge in [0.2, 0.25) is 0 Å². The molecule has 0 saturated carbocycles. The quantitative estimate of drug-likeness (QED) is 0.607. The van der Waals surface area contributed by atoms with Crippen molar-refractivity contribution in [2.24, 2.45) is 0 Å². The molecule has 0 aliphatic heterocycles. The first-order valence-corrected chi connectivity index (χ1v) is 7.73. The third-order valence-electron chi connectivity index (χ3n) is 3.43. The molecule has 0 aliphatic carbocycles. The molecule has 0 unspecified atom stereocenters. The first-order chi connectivity index (χ1) is 11.0. The van der Waals surface area contributed by atoms with Gasteiger partial charge in [0, 0.05) is 16.8 Å². The van der Waals surface area contributed by atoms with E-state index in [-0.39, 0.29) is 16.3 Å². The molecular weight excluding hydrogens is 316 g/mol. The van der Waals surface area contributed by atoms with Gasteiger partial charge in [-0.2, -0.15) is 0 Å². The number of unbranched alkanes of at least 4 members (excludes halogenated alkanes) is 1. The highest BCUT2D eigenvalue weighted by molar-refractivity contribution is 6.31. The van der Waals surface area contributed by atoms with Crippen LogP contribution in [0.5, 0.6) is 0 Å². The monoisotopic (exact) mass is 332 g/mol. The van der Waals surface area contributed by atoms with Crippen molar-refractivity contribution in [2.75, 3.05) is 5.32 Å². The van der Waals surface area contributed by atoms with Crippen LogP contribution in [0.3, 0.4) is 0 Å². The van der Waals surface area contributed by atoms with Crippen molar-refractivity contribution in [2.45, 2.75) is 26.2 Å². The van der Waals surface area contributed by atoms with Gasteiger partial charge in [-0.3, -0.25) is 14.9 Å². The van der Waals surface area contributed by atoms with Gasteiger partial charge in [-0.25, -0.2) is 0 Å². The van der Waals surface area contributed by atoms with Crippen molar-refractivity contribution in [3.8, 4) is 0 Å². The van der Waals surface area contributed by atoms with Crippen molar-refractivity contribution >= 4 is 28.9 Å². The number of nitrogens with one attached hydrogen (secondary N) is 1. The van der Waals surface area contributed by atoms with Crippen LogP contribution < -0.4 is 5.32 Å². The maximum absolute atomic E-state index is 12.2. The Morgan fingerprint density at radius 2 is 1.91 bits per heavy atom. The number of nitro benzene ring substituents is 1. The second-order valence-corrected chi connectivity index (χ2v) is 5.61. The van der Waals surface area contributed by atoms with Gasteiger partial charge in [0.15, 0.2) is 0 Å². The molecule has 2 rings (SSSR count). The second-order valence-electron chi connectivity index (χ2n) is 5.17. The summed E-state index contributed by atoms with van der Waals surface area (Å²) in [5.74, 6) is -0.533. The Hall–Kier alpha value is -2.40. The topological polar surface area (TPSA) is 72.2 Å². The standard InChI is InChI=1S/C17H17ClN2O3/c1-2-3-4-12-5-8-14(9-6-12)19-17(21)15-10-7-13(18)11-16(15)20(22)23/h5-11H,2-4H2,1H3,(H,19,21). The molecule has 0 bridgehead atoms. The molecule has 0 heterocycles. The minimum Gasteiger partial charge on any atom is -0.322 e. The number of benzene rings is 2. The summed E-state index contributed by atoms with van der Waals surface area (Å²) < 4.78 is 0. The summed E-state index contributed by atoms with van der Waals surface area (Å²) in [6, 6.07) is 11.5. The summed E-state index contributed by atoms with van der Waals surface area (Å²) in [4.78, 5) is 22.7. The molecule has 0 aliphatic rings. The number of halogens is 1. The second kappa shape index (κ2) is 7.74. The van der Waals surface area contributed by atoms with Gasteiger partial charge in [0.25, 0.3) is 11.6 Å². The van der Waals surface area contributed by atoms with Crippen LogP contribution in [0.15, 0.2) is 42.5 Å². The highest BCUT2D eigenvalue weighted by Crippen LogP contribution is 2.24. The molecule has 0 spiro atoms. The van der Waals surface area contributed by atoms with E-state index >= 15 is 0 Å². The fourth-order valence-corrected chi connectivity index (χ4v) is 2.35. The Morgan fingerprint density at radius 1 is 1.22 bits per heavy atom. The lowest BCUT2D eigenvalue weighted by atomic mass is 10.1.